The van der Waals surface area contributed by atoms with E-state index in [9.17, 15) is 4.39 Å². The number of halogens is 1. The average molecular weight is 336 g/mol. The summed E-state index contributed by atoms with van der Waals surface area (Å²) in [6.45, 7) is 3.57. The Bertz CT molecular complexity index is 858. The molecule has 0 fully saturated rings. The van der Waals surface area contributed by atoms with Crippen molar-refractivity contribution < 1.29 is 9.13 Å². The second kappa shape index (κ2) is 6.45. The van der Waals surface area contributed by atoms with Gasteiger partial charge in [-0.3, -0.25) is 0 Å². The molecule has 0 saturated heterocycles. The van der Waals surface area contributed by atoms with Crippen LogP contribution in [0.5, 0.6) is 0 Å². The number of nitrogens with zero attached hydrogens (tertiary/aromatic N) is 2. The number of aryl methyl sites for hydroxylation is 2. The van der Waals surface area contributed by atoms with Gasteiger partial charge in [0.15, 0.2) is 0 Å². The first-order valence-electron chi connectivity index (χ1n) is 8.63. The van der Waals surface area contributed by atoms with E-state index in [4.69, 9.17) is 4.74 Å². The number of hydrogen-bond acceptors (Lipinski definition) is 2. The lowest BCUT2D eigenvalue weighted by molar-refractivity contribution is -0.0137. The summed E-state index contributed by atoms with van der Waals surface area (Å²) in [6.07, 6.45) is 7.38. The van der Waals surface area contributed by atoms with Gasteiger partial charge < -0.3 is 9.30 Å². The van der Waals surface area contributed by atoms with E-state index >= 15 is 0 Å². The van der Waals surface area contributed by atoms with Gasteiger partial charge in [-0.25, -0.2) is 9.37 Å². The molecule has 4 rings (SSSR count). The highest BCUT2D eigenvalue weighted by Crippen LogP contribution is 2.45. The van der Waals surface area contributed by atoms with Crippen LogP contribution in [0.25, 0.3) is 0 Å². The molecule has 0 aliphatic carbocycles. The largest absolute Gasteiger partial charge is 0.361 e. The van der Waals surface area contributed by atoms with E-state index in [0.717, 1.165) is 24.9 Å². The van der Waals surface area contributed by atoms with Crippen LogP contribution >= 0.6 is 0 Å². The highest BCUT2D eigenvalue weighted by molar-refractivity contribution is 5.45. The predicted octanol–water partition coefficient (Wildman–Crippen LogP) is 4.58. The Morgan fingerprint density at radius 2 is 2.04 bits per heavy atom. The minimum Gasteiger partial charge on any atom is -0.361 e. The van der Waals surface area contributed by atoms with Crippen LogP contribution in [0, 0.1) is 12.7 Å². The summed E-state index contributed by atoms with van der Waals surface area (Å²) in [5.74, 6) is -0.223. The minimum atomic E-state index is -0.503. The first-order chi connectivity index (χ1) is 12.2. The average Bonchev–Trinajstić information content (AvgIpc) is 3.24. The Morgan fingerprint density at radius 1 is 1.20 bits per heavy atom. The van der Waals surface area contributed by atoms with E-state index < -0.39 is 5.60 Å². The summed E-state index contributed by atoms with van der Waals surface area (Å²) in [5.41, 5.74) is 4.18. The van der Waals surface area contributed by atoms with Crippen LogP contribution in [0.15, 0.2) is 61.2 Å². The van der Waals surface area contributed by atoms with Crippen LogP contribution in [0.1, 0.15) is 35.1 Å². The Balaban J connectivity index is 1.68. The van der Waals surface area contributed by atoms with Crippen molar-refractivity contribution in [3.8, 4) is 0 Å². The summed E-state index contributed by atoms with van der Waals surface area (Å²) in [4.78, 5) is 4.09. The molecule has 25 heavy (non-hydrogen) atoms. The van der Waals surface area contributed by atoms with Crippen LogP contribution in [0.2, 0.25) is 0 Å². The first-order valence-corrected chi connectivity index (χ1v) is 8.63. The quantitative estimate of drug-likeness (QED) is 0.682. The van der Waals surface area contributed by atoms with Crippen LogP contribution in [0.4, 0.5) is 4.39 Å². The molecule has 1 aromatic heterocycles. The molecule has 1 atom stereocenters. The zero-order valence-electron chi connectivity index (χ0n) is 14.3. The van der Waals surface area contributed by atoms with E-state index in [2.05, 4.69) is 34.7 Å². The molecule has 0 bridgehead atoms. The lowest BCUT2D eigenvalue weighted by Gasteiger charge is -2.31. The van der Waals surface area contributed by atoms with Crippen molar-refractivity contribution in [3.05, 3.63) is 89.3 Å². The van der Waals surface area contributed by atoms with Gasteiger partial charge in [0, 0.05) is 18.9 Å². The van der Waals surface area contributed by atoms with Crippen molar-refractivity contribution in [1.29, 1.82) is 0 Å². The van der Waals surface area contributed by atoms with E-state index in [1.165, 1.54) is 28.8 Å². The first kappa shape index (κ1) is 16.0. The van der Waals surface area contributed by atoms with Crippen LogP contribution < -0.4 is 0 Å². The number of imidazole rings is 1. The third kappa shape index (κ3) is 2.98. The van der Waals surface area contributed by atoms with Gasteiger partial charge in [0.2, 0.25) is 0 Å². The van der Waals surface area contributed by atoms with Crippen molar-refractivity contribution in [3.63, 3.8) is 0 Å². The summed E-state index contributed by atoms with van der Waals surface area (Å²) < 4.78 is 21.9. The smallest absolute Gasteiger partial charge is 0.123 e. The maximum atomic E-state index is 13.4. The Morgan fingerprint density at radius 3 is 2.80 bits per heavy atom. The molecular formula is C21H21FN2O. The Labute approximate surface area is 147 Å². The predicted molar refractivity (Wildman–Crippen MR) is 94.6 cm³/mol. The Hall–Kier alpha value is -2.46. The SMILES string of the molecule is Cc1ccc2c(c1)COC2(CCCn1ccnc1)c1ccc(F)cc1. The zero-order chi connectivity index (χ0) is 17.3. The van der Waals surface area contributed by atoms with E-state index in [1.807, 2.05) is 24.7 Å². The van der Waals surface area contributed by atoms with Crippen molar-refractivity contribution in [2.45, 2.75) is 38.5 Å². The Kier molecular flexibility index (Phi) is 4.14. The van der Waals surface area contributed by atoms with E-state index in [0.29, 0.717) is 6.61 Å². The number of rotatable bonds is 5. The summed E-state index contributed by atoms with van der Waals surface area (Å²) in [7, 11) is 0. The van der Waals surface area contributed by atoms with Gasteiger partial charge in [-0.05, 0) is 48.6 Å². The molecule has 0 saturated carbocycles. The molecule has 1 unspecified atom stereocenters. The highest BCUT2D eigenvalue weighted by atomic mass is 19.1. The maximum Gasteiger partial charge on any atom is 0.123 e. The summed E-state index contributed by atoms with van der Waals surface area (Å²) in [5, 5.41) is 0. The third-order valence-corrected chi connectivity index (χ3v) is 4.98. The number of fused-ring (bicyclic) bond motifs is 1. The molecule has 0 spiro atoms. The molecular weight excluding hydrogens is 315 g/mol. The van der Waals surface area contributed by atoms with Gasteiger partial charge >= 0.3 is 0 Å². The monoisotopic (exact) mass is 336 g/mol. The zero-order valence-corrected chi connectivity index (χ0v) is 14.3. The van der Waals surface area contributed by atoms with Crippen LogP contribution in [-0.4, -0.2) is 9.55 Å². The van der Waals surface area contributed by atoms with E-state index in [1.54, 1.807) is 6.20 Å². The van der Waals surface area contributed by atoms with Crippen LogP contribution in [0.3, 0.4) is 0 Å². The lowest BCUT2D eigenvalue weighted by Crippen LogP contribution is -2.27. The second-order valence-corrected chi connectivity index (χ2v) is 6.69. The topological polar surface area (TPSA) is 27.1 Å². The molecule has 3 aromatic rings. The molecule has 0 amide bonds. The molecule has 4 heteroatoms. The van der Waals surface area contributed by atoms with Crippen molar-refractivity contribution in [2.75, 3.05) is 0 Å². The molecule has 1 aliphatic rings. The molecule has 2 aromatic carbocycles. The fourth-order valence-corrected chi connectivity index (χ4v) is 3.75. The molecule has 3 nitrogen and oxygen atoms in total. The molecule has 2 heterocycles. The van der Waals surface area contributed by atoms with Gasteiger partial charge in [-0.1, -0.05) is 35.9 Å². The maximum absolute atomic E-state index is 13.4. The molecule has 128 valence electrons. The normalized spacial score (nSPS) is 19.1. The number of ether oxygens (including phenoxy) is 1. The number of benzene rings is 2. The lowest BCUT2D eigenvalue weighted by atomic mass is 9.81. The molecule has 0 N–H and O–H groups in total. The summed E-state index contributed by atoms with van der Waals surface area (Å²) >= 11 is 0. The number of hydrogen-bond donors (Lipinski definition) is 0. The fourth-order valence-electron chi connectivity index (χ4n) is 3.75. The van der Waals surface area contributed by atoms with Gasteiger partial charge in [0.25, 0.3) is 0 Å². The molecule has 1 aliphatic heterocycles. The van der Waals surface area contributed by atoms with Crippen molar-refractivity contribution in [2.24, 2.45) is 0 Å². The second-order valence-electron chi connectivity index (χ2n) is 6.69. The van der Waals surface area contributed by atoms with Gasteiger partial charge in [0.05, 0.1) is 12.9 Å². The van der Waals surface area contributed by atoms with Gasteiger partial charge in [-0.2, -0.15) is 0 Å². The third-order valence-electron chi connectivity index (χ3n) is 4.98. The van der Waals surface area contributed by atoms with Crippen molar-refractivity contribution in [1.82, 2.24) is 9.55 Å². The minimum absolute atomic E-state index is 0.223. The van der Waals surface area contributed by atoms with Crippen molar-refractivity contribution >= 4 is 0 Å². The molecule has 0 radical (unpaired) electrons. The van der Waals surface area contributed by atoms with Gasteiger partial charge in [0.1, 0.15) is 11.4 Å². The van der Waals surface area contributed by atoms with E-state index in [-0.39, 0.29) is 5.82 Å². The fraction of sp³-hybridized carbons (Fsp3) is 0.286. The van der Waals surface area contributed by atoms with Crippen LogP contribution in [-0.2, 0) is 23.5 Å². The number of aromatic nitrogens is 2. The van der Waals surface area contributed by atoms with Gasteiger partial charge in [-0.15, -0.1) is 0 Å². The standard InChI is InChI=1S/C21H21FN2O/c1-16-3-8-20-17(13-16)14-25-21(20,18-4-6-19(22)7-5-18)9-2-11-24-12-10-23-15-24/h3-8,10,12-13,15H,2,9,11,14H2,1H3. The summed E-state index contributed by atoms with van der Waals surface area (Å²) in [6, 6.07) is 13.2. The highest BCUT2D eigenvalue weighted by Gasteiger charge is 2.41.